The van der Waals surface area contributed by atoms with Gasteiger partial charge in [-0.1, -0.05) is 54.6 Å². The summed E-state index contributed by atoms with van der Waals surface area (Å²) >= 11 is 1.63. The summed E-state index contributed by atoms with van der Waals surface area (Å²) in [6.07, 6.45) is 0. The molecule has 0 radical (unpaired) electrons. The quantitative estimate of drug-likeness (QED) is 0.327. The highest BCUT2D eigenvalue weighted by Crippen LogP contribution is 2.41. The number of nitrogens with one attached hydrogen (secondary N) is 2. The summed E-state index contributed by atoms with van der Waals surface area (Å²) in [4.78, 5) is 14.2. The predicted molar refractivity (Wildman–Crippen MR) is 136 cm³/mol. The van der Waals surface area contributed by atoms with E-state index in [0.29, 0.717) is 5.56 Å². The molecule has 162 valence electrons. The zero-order valence-corrected chi connectivity index (χ0v) is 19.7. The lowest BCUT2D eigenvalue weighted by atomic mass is 9.95. The van der Waals surface area contributed by atoms with Crippen LogP contribution in [0.2, 0.25) is 0 Å². The van der Waals surface area contributed by atoms with E-state index < -0.39 is 0 Å². The fraction of sp³-hybridized carbons (Fsp3) is 0.179. The third kappa shape index (κ3) is 4.61. The summed E-state index contributed by atoms with van der Waals surface area (Å²) in [6.45, 7) is 8.50. The average Bonchev–Trinajstić information content (AvgIpc) is 3.08. The smallest absolute Gasteiger partial charge is 0.256 e. The second-order valence-corrected chi connectivity index (χ2v) is 9.36. The van der Waals surface area contributed by atoms with Gasteiger partial charge in [0.1, 0.15) is 5.00 Å². The van der Waals surface area contributed by atoms with Crippen LogP contribution in [0, 0.1) is 27.7 Å². The van der Waals surface area contributed by atoms with Gasteiger partial charge < -0.3 is 10.6 Å². The Hall–Kier alpha value is -3.37. The molecule has 2 N–H and O–H groups in total. The Bertz CT molecular complexity index is 1230. The van der Waals surface area contributed by atoms with Gasteiger partial charge in [-0.15, -0.1) is 11.3 Å². The van der Waals surface area contributed by atoms with Crippen LogP contribution in [0.15, 0.2) is 78.9 Å². The van der Waals surface area contributed by atoms with Crippen molar-refractivity contribution in [1.29, 1.82) is 0 Å². The predicted octanol–water partition coefficient (Wildman–Crippen LogP) is 7.44. The van der Waals surface area contributed by atoms with Crippen molar-refractivity contribution in [2.24, 2.45) is 0 Å². The number of amides is 1. The number of hydrogen-bond donors (Lipinski definition) is 2. The number of rotatable bonds is 6. The van der Waals surface area contributed by atoms with Crippen LogP contribution in [0.5, 0.6) is 0 Å². The van der Waals surface area contributed by atoms with Gasteiger partial charge in [-0.3, -0.25) is 4.79 Å². The van der Waals surface area contributed by atoms with Gasteiger partial charge in [-0.25, -0.2) is 0 Å². The number of carbonyl (C=O) groups is 1. The maximum absolute atomic E-state index is 13.0. The highest BCUT2D eigenvalue weighted by molar-refractivity contribution is 7.16. The van der Waals surface area contributed by atoms with Crippen molar-refractivity contribution in [3.8, 4) is 0 Å². The van der Waals surface area contributed by atoms with Gasteiger partial charge in [-0.2, -0.15) is 0 Å². The Kier molecular flexibility index (Phi) is 6.42. The zero-order valence-electron chi connectivity index (χ0n) is 18.9. The first-order valence-electron chi connectivity index (χ1n) is 10.8. The van der Waals surface area contributed by atoms with E-state index in [2.05, 4.69) is 80.8 Å². The van der Waals surface area contributed by atoms with Crippen molar-refractivity contribution in [3.63, 3.8) is 0 Å². The van der Waals surface area contributed by atoms with Gasteiger partial charge in [0.25, 0.3) is 5.91 Å². The van der Waals surface area contributed by atoms with E-state index in [0.717, 1.165) is 21.8 Å². The zero-order chi connectivity index (χ0) is 22.7. The molecule has 0 spiro atoms. The lowest BCUT2D eigenvalue weighted by Crippen LogP contribution is -2.17. The van der Waals surface area contributed by atoms with Crippen LogP contribution in [-0.2, 0) is 0 Å². The number of carbonyl (C=O) groups excluding carboxylic acids is 1. The van der Waals surface area contributed by atoms with Crippen LogP contribution in [0.4, 0.5) is 10.7 Å². The Morgan fingerprint density at radius 3 is 2.12 bits per heavy atom. The van der Waals surface area contributed by atoms with Crippen molar-refractivity contribution in [2.45, 2.75) is 33.7 Å². The summed E-state index contributed by atoms with van der Waals surface area (Å²) in [5.74, 6) is -0.0916. The Labute approximate surface area is 194 Å². The largest absolute Gasteiger partial charge is 0.374 e. The molecule has 1 unspecified atom stereocenters. The molecule has 3 aromatic carbocycles. The van der Waals surface area contributed by atoms with E-state index in [1.165, 1.54) is 21.6 Å². The van der Waals surface area contributed by atoms with Crippen LogP contribution < -0.4 is 10.6 Å². The number of aryl methyl sites for hydroxylation is 3. The van der Waals surface area contributed by atoms with E-state index in [1.807, 2.05) is 36.4 Å². The molecule has 0 bridgehead atoms. The summed E-state index contributed by atoms with van der Waals surface area (Å²) < 4.78 is 0. The molecule has 4 rings (SSSR count). The minimum atomic E-state index is -0.0916. The minimum Gasteiger partial charge on any atom is -0.374 e. The highest BCUT2D eigenvalue weighted by Gasteiger charge is 2.25. The van der Waals surface area contributed by atoms with E-state index in [9.17, 15) is 4.79 Å². The molecule has 1 amide bonds. The normalized spacial score (nSPS) is 11.8. The van der Waals surface area contributed by atoms with Gasteiger partial charge in [0.05, 0.1) is 6.04 Å². The SMILES string of the molecule is Cc1ccc(NC(c2ccccc2)c2c(NC(=O)c3ccccc3)sc(C)c2C)cc1C. The van der Waals surface area contributed by atoms with E-state index in [1.54, 1.807) is 11.3 Å². The summed E-state index contributed by atoms with van der Waals surface area (Å²) in [5, 5.41) is 7.82. The van der Waals surface area contributed by atoms with Crippen molar-refractivity contribution in [3.05, 3.63) is 117 Å². The lowest BCUT2D eigenvalue weighted by Gasteiger charge is -2.23. The molecular weight excluding hydrogens is 412 g/mol. The van der Waals surface area contributed by atoms with Crippen molar-refractivity contribution in [2.75, 3.05) is 10.6 Å². The number of hydrogen-bond acceptors (Lipinski definition) is 3. The maximum Gasteiger partial charge on any atom is 0.256 e. The molecule has 1 heterocycles. The third-order valence-electron chi connectivity index (χ3n) is 5.93. The molecule has 0 saturated carbocycles. The molecule has 0 aliphatic carbocycles. The second kappa shape index (κ2) is 9.41. The van der Waals surface area contributed by atoms with Gasteiger partial charge in [0.15, 0.2) is 0 Å². The number of benzene rings is 3. The van der Waals surface area contributed by atoms with Crippen LogP contribution in [-0.4, -0.2) is 5.91 Å². The Morgan fingerprint density at radius 2 is 1.47 bits per heavy atom. The van der Waals surface area contributed by atoms with Gasteiger partial charge >= 0.3 is 0 Å². The molecule has 4 aromatic rings. The first kappa shape index (κ1) is 21.8. The standard InChI is InChI=1S/C28H28N2OS/c1-18-15-16-24(17-19(18)2)29-26(22-11-7-5-8-12-22)25-20(3)21(4)32-28(25)30-27(31)23-13-9-6-10-14-23/h5-17,26,29H,1-4H3,(H,30,31). The fourth-order valence-corrected chi connectivity index (χ4v) is 4.91. The molecule has 32 heavy (non-hydrogen) atoms. The first-order valence-corrected chi connectivity index (χ1v) is 11.6. The van der Waals surface area contributed by atoms with Crippen molar-refractivity contribution < 1.29 is 4.79 Å². The molecule has 4 heteroatoms. The Balaban J connectivity index is 1.77. The van der Waals surface area contributed by atoms with Crippen LogP contribution in [0.3, 0.4) is 0 Å². The lowest BCUT2D eigenvalue weighted by molar-refractivity contribution is 0.102. The molecule has 0 aliphatic rings. The minimum absolute atomic E-state index is 0.0886. The number of anilines is 2. The molecule has 0 aliphatic heterocycles. The fourth-order valence-electron chi connectivity index (χ4n) is 3.82. The van der Waals surface area contributed by atoms with Gasteiger partial charge in [-0.05, 0) is 74.2 Å². The molecule has 1 atom stereocenters. The van der Waals surface area contributed by atoms with Gasteiger partial charge in [0, 0.05) is 21.7 Å². The molecule has 0 saturated heterocycles. The topological polar surface area (TPSA) is 41.1 Å². The monoisotopic (exact) mass is 440 g/mol. The molecule has 3 nitrogen and oxygen atoms in total. The summed E-state index contributed by atoms with van der Waals surface area (Å²) in [6, 6.07) is 26.1. The van der Waals surface area contributed by atoms with E-state index >= 15 is 0 Å². The van der Waals surface area contributed by atoms with Crippen molar-refractivity contribution >= 4 is 27.9 Å². The molecular formula is C28H28N2OS. The summed E-state index contributed by atoms with van der Waals surface area (Å²) in [5.41, 5.74) is 7.69. The van der Waals surface area contributed by atoms with E-state index in [4.69, 9.17) is 0 Å². The Morgan fingerprint density at radius 1 is 0.812 bits per heavy atom. The van der Waals surface area contributed by atoms with Crippen LogP contribution >= 0.6 is 11.3 Å². The second-order valence-electron chi connectivity index (χ2n) is 8.13. The van der Waals surface area contributed by atoms with Gasteiger partial charge in [0.2, 0.25) is 0 Å². The summed E-state index contributed by atoms with van der Waals surface area (Å²) in [7, 11) is 0. The molecule has 0 fully saturated rings. The van der Waals surface area contributed by atoms with Crippen molar-refractivity contribution in [1.82, 2.24) is 0 Å². The molecule has 1 aromatic heterocycles. The maximum atomic E-state index is 13.0. The highest BCUT2D eigenvalue weighted by atomic mass is 32.1. The van der Waals surface area contributed by atoms with Crippen LogP contribution in [0.25, 0.3) is 0 Å². The number of thiophene rings is 1. The first-order chi connectivity index (χ1) is 15.4. The average molecular weight is 441 g/mol. The van der Waals surface area contributed by atoms with E-state index in [-0.39, 0.29) is 11.9 Å². The van der Waals surface area contributed by atoms with Crippen LogP contribution in [0.1, 0.15) is 49.1 Å². The third-order valence-corrected chi connectivity index (χ3v) is 7.07.